The van der Waals surface area contributed by atoms with E-state index in [0.29, 0.717) is 33.1 Å². The molecule has 12 heteroatoms. The Balaban J connectivity index is 1.56. The van der Waals surface area contributed by atoms with Gasteiger partial charge in [0.05, 0.1) is 32.4 Å². The molecule has 0 bridgehead atoms. The van der Waals surface area contributed by atoms with Crippen molar-refractivity contribution in [1.29, 1.82) is 0 Å². The number of benzene rings is 1. The molecule has 1 aliphatic heterocycles. The first-order chi connectivity index (χ1) is 16.8. The van der Waals surface area contributed by atoms with Crippen LogP contribution >= 0.6 is 45.9 Å². The summed E-state index contributed by atoms with van der Waals surface area (Å²) in [6, 6.07) is 9.38. The van der Waals surface area contributed by atoms with Gasteiger partial charge >= 0.3 is 0 Å². The molecule has 1 atom stereocenters. The summed E-state index contributed by atoms with van der Waals surface area (Å²) in [7, 11) is -3.89. The first kappa shape index (κ1) is 24.7. The summed E-state index contributed by atoms with van der Waals surface area (Å²) in [5.74, 6) is 0.218. The number of hydrogen-bond acceptors (Lipinski definition) is 7. The highest BCUT2D eigenvalue weighted by atomic mass is 35.5. The number of aryl methyl sites for hydroxylation is 1. The third kappa shape index (κ3) is 4.75. The SMILES string of the molecule is Cc1ccc(Cl)c2sc(N(Cc3ccco3)C(=O)C3CCCCN3S(=O)(=O)c3ccc(Cl)s3)nc12. The van der Waals surface area contributed by atoms with Crippen LogP contribution in [0.5, 0.6) is 0 Å². The Bertz CT molecular complexity index is 1440. The third-order valence-corrected chi connectivity index (χ3v) is 11.1. The van der Waals surface area contributed by atoms with Crippen molar-refractivity contribution in [2.24, 2.45) is 0 Å². The molecule has 4 aromatic rings. The fraction of sp³-hybridized carbons (Fsp3) is 0.304. The molecule has 7 nitrogen and oxygen atoms in total. The number of fused-ring (bicyclic) bond motifs is 1. The Kier molecular flexibility index (Phi) is 6.95. The number of carbonyl (C=O) groups is 1. The van der Waals surface area contributed by atoms with Gasteiger partial charge in [-0.05, 0) is 55.7 Å². The van der Waals surface area contributed by atoms with Crippen LogP contribution in [0.3, 0.4) is 0 Å². The number of aromatic nitrogens is 1. The number of anilines is 1. The number of sulfonamides is 1. The van der Waals surface area contributed by atoms with Crippen molar-refractivity contribution in [2.75, 3.05) is 11.4 Å². The molecule has 1 unspecified atom stereocenters. The summed E-state index contributed by atoms with van der Waals surface area (Å²) in [6.45, 7) is 2.31. The molecule has 1 amide bonds. The molecule has 0 N–H and O–H groups in total. The van der Waals surface area contributed by atoms with Crippen LogP contribution in [0.15, 0.2) is 51.3 Å². The molecule has 0 aliphatic carbocycles. The summed E-state index contributed by atoms with van der Waals surface area (Å²) in [5.41, 5.74) is 1.66. The van der Waals surface area contributed by atoms with Gasteiger partial charge in [0.25, 0.3) is 10.0 Å². The lowest BCUT2D eigenvalue weighted by atomic mass is 10.0. The maximum Gasteiger partial charge on any atom is 0.253 e. The Morgan fingerprint density at radius 2 is 2.03 bits per heavy atom. The summed E-state index contributed by atoms with van der Waals surface area (Å²) in [6.07, 6.45) is 3.37. The monoisotopic (exact) mass is 569 g/mol. The zero-order valence-electron chi connectivity index (χ0n) is 18.6. The van der Waals surface area contributed by atoms with Crippen molar-refractivity contribution < 1.29 is 17.6 Å². The Labute approximate surface area is 220 Å². The normalized spacial score (nSPS) is 17.2. The predicted molar refractivity (Wildman–Crippen MR) is 140 cm³/mol. The number of hydrogen-bond donors (Lipinski definition) is 0. The minimum Gasteiger partial charge on any atom is -0.467 e. The number of piperidine rings is 1. The lowest BCUT2D eigenvalue weighted by Crippen LogP contribution is -2.52. The van der Waals surface area contributed by atoms with E-state index in [1.54, 1.807) is 18.2 Å². The molecular weight excluding hydrogens is 549 g/mol. The number of amides is 1. The predicted octanol–water partition coefficient (Wildman–Crippen LogP) is 6.34. The summed E-state index contributed by atoms with van der Waals surface area (Å²) < 4.78 is 35.1. The number of thiazole rings is 1. The number of nitrogens with zero attached hydrogens (tertiary/aromatic N) is 3. The minimum atomic E-state index is -3.89. The van der Waals surface area contributed by atoms with E-state index in [4.69, 9.17) is 32.6 Å². The molecule has 1 aromatic carbocycles. The van der Waals surface area contributed by atoms with Crippen molar-refractivity contribution in [1.82, 2.24) is 9.29 Å². The second-order valence-corrected chi connectivity index (χ2v) is 13.4. The molecule has 0 saturated carbocycles. The molecule has 1 aliphatic rings. The van der Waals surface area contributed by atoms with Crippen LogP contribution < -0.4 is 4.90 Å². The van der Waals surface area contributed by atoms with E-state index in [0.717, 1.165) is 33.5 Å². The Hall–Kier alpha value is -1.95. The van der Waals surface area contributed by atoms with Gasteiger partial charge in [-0.2, -0.15) is 4.31 Å². The van der Waals surface area contributed by atoms with Crippen molar-refractivity contribution in [3.8, 4) is 0 Å². The molecule has 5 rings (SSSR count). The Morgan fingerprint density at radius 1 is 1.20 bits per heavy atom. The third-order valence-electron chi connectivity index (χ3n) is 5.93. The highest BCUT2D eigenvalue weighted by Gasteiger charge is 2.41. The van der Waals surface area contributed by atoms with Crippen molar-refractivity contribution in [3.05, 3.63) is 63.3 Å². The van der Waals surface area contributed by atoms with Crippen LogP contribution in [0.1, 0.15) is 30.6 Å². The van der Waals surface area contributed by atoms with E-state index >= 15 is 0 Å². The van der Waals surface area contributed by atoms with Crippen molar-refractivity contribution in [2.45, 2.75) is 43.0 Å². The zero-order valence-corrected chi connectivity index (χ0v) is 22.6. The van der Waals surface area contributed by atoms with Gasteiger partial charge in [0.1, 0.15) is 16.0 Å². The number of furan rings is 1. The van der Waals surface area contributed by atoms with Crippen LogP contribution in [0.25, 0.3) is 10.2 Å². The number of rotatable bonds is 6. The smallest absolute Gasteiger partial charge is 0.253 e. The van der Waals surface area contributed by atoms with Gasteiger partial charge in [0.2, 0.25) is 5.91 Å². The minimum absolute atomic E-state index is 0.123. The first-order valence-electron chi connectivity index (χ1n) is 10.9. The lowest BCUT2D eigenvalue weighted by molar-refractivity contribution is -0.123. The summed E-state index contributed by atoms with van der Waals surface area (Å²) >= 11 is 14.7. The molecule has 0 radical (unpaired) electrons. The van der Waals surface area contributed by atoms with Crippen LogP contribution in [0.2, 0.25) is 9.36 Å². The number of halogens is 2. The molecule has 1 saturated heterocycles. The molecule has 35 heavy (non-hydrogen) atoms. The highest BCUT2D eigenvalue weighted by Crippen LogP contribution is 2.38. The summed E-state index contributed by atoms with van der Waals surface area (Å²) in [4.78, 5) is 20.3. The number of carbonyl (C=O) groups excluding carboxylic acids is 1. The van der Waals surface area contributed by atoms with E-state index in [-0.39, 0.29) is 23.2 Å². The van der Waals surface area contributed by atoms with Gasteiger partial charge in [-0.3, -0.25) is 9.69 Å². The van der Waals surface area contributed by atoms with Gasteiger partial charge in [-0.15, -0.1) is 11.3 Å². The zero-order chi connectivity index (χ0) is 24.7. The van der Waals surface area contributed by atoms with E-state index in [1.165, 1.54) is 32.9 Å². The van der Waals surface area contributed by atoms with Crippen LogP contribution in [-0.2, 0) is 21.4 Å². The van der Waals surface area contributed by atoms with Crippen LogP contribution in [-0.4, -0.2) is 36.2 Å². The summed E-state index contributed by atoms with van der Waals surface area (Å²) in [5, 5.41) is 0.996. The fourth-order valence-electron chi connectivity index (χ4n) is 4.18. The largest absolute Gasteiger partial charge is 0.467 e. The van der Waals surface area contributed by atoms with E-state index in [2.05, 4.69) is 0 Å². The molecule has 0 spiro atoms. The molecule has 3 aromatic heterocycles. The van der Waals surface area contributed by atoms with Gasteiger partial charge < -0.3 is 4.42 Å². The number of thiophene rings is 1. The fourth-order valence-corrected chi connectivity index (χ4v) is 8.76. The van der Waals surface area contributed by atoms with Crippen molar-refractivity contribution >= 4 is 77.2 Å². The van der Waals surface area contributed by atoms with Gasteiger partial charge in [0, 0.05) is 6.54 Å². The maximum atomic E-state index is 14.1. The van der Waals surface area contributed by atoms with Gasteiger partial charge in [0.15, 0.2) is 5.13 Å². The van der Waals surface area contributed by atoms with Crippen LogP contribution in [0.4, 0.5) is 5.13 Å². The average Bonchev–Trinajstić information content (AvgIpc) is 3.61. The van der Waals surface area contributed by atoms with Crippen LogP contribution in [0, 0.1) is 6.92 Å². The van der Waals surface area contributed by atoms with Gasteiger partial charge in [-0.25, -0.2) is 13.4 Å². The topological polar surface area (TPSA) is 83.7 Å². The molecular formula is C23H21Cl2N3O4S3. The van der Waals surface area contributed by atoms with E-state index in [9.17, 15) is 13.2 Å². The maximum absolute atomic E-state index is 14.1. The highest BCUT2D eigenvalue weighted by molar-refractivity contribution is 7.91. The molecule has 1 fully saturated rings. The first-order valence-corrected chi connectivity index (χ1v) is 14.7. The van der Waals surface area contributed by atoms with Gasteiger partial charge in [-0.1, -0.05) is 47.0 Å². The molecule has 4 heterocycles. The lowest BCUT2D eigenvalue weighted by Gasteiger charge is -2.35. The second kappa shape index (κ2) is 9.84. The van der Waals surface area contributed by atoms with Crippen molar-refractivity contribution in [3.63, 3.8) is 0 Å². The van der Waals surface area contributed by atoms with E-state index < -0.39 is 16.1 Å². The average molecular weight is 571 g/mol. The molecule has 184 valence electrons. The quantitative estimate of drug-likeness (QED) is 0.270. The standard InChI is InChI=1S/C23H21Cl2N3O4S3/c1-14-7-8-16(24)21-20(14)26-23(34-21)27(13-15-5-4-12-32-15)22(29)17-6-2-3-11-28(17)35(30,31)19-10-9-18(25)33-19/h4-5,7-10,12,17H,2-3,6,11,13H2,1H3. The van der Waals surface area contributed by atoms with E-state index in [1.807, 2.05) is 19.1 Å². The second-order valence-electron chi connectivity index (χ2n) is 8.23. The Morgan fingerprint density at radius 3 is 2.71 bits per heavy atom.